The lowest BCUT2D eigenvalue weighted by molar-refractivity contribution is -0.130. The summed E-state index contributed by atoms with van der Waals surface area (Å²) in [6.07, 6.45) is 17.3. The molecular formula is C24H45NO6S. The molecule has 0 rings (SSSR count). The number of amides is 1. The van der Waals surface area contributed by atoms with E-state index in [9.17, 15) is 23.4 Å². The summed E-state index contributed by atoms with van der Waals surface area (Å²) in [6, 6.07) is -1.23. The molecule has 0 fully saturated rings. The van der Waals surface area contributed by atoms with Crippen LogP contribution in [0.3, 0.4) is 0 Å². The summed E-state index contributed by atoms with van der Waals surface area (Å²) in [6.45, 7) is 4.25. The molecule has 188 valence electrons. The molecule has 3 atom stereocenters. The molecule has 0 aliphatic carbocycles. The predicted octanol–water partition coefficient (Wildman–Crippen LogP) is 4.30. The first-order valence-corrected chi connectivity index (χ1v) is 13.8. The molecular weight excluding hydrogens is 430 g/mol. The second-order valence-electron chi connectivity index (χ2n) is 8.40. The van der Waals surface area contributed by atoms with E-state index in [4.69, 9.17) is 4.55 Å². The lowest BCUT2D eigenvalue weighted by Gasteiger charge is -2.22. The molecule has 4 N–H and O–H groups in total. The number of allylic oxidation sites excluding steroid dienone is 3. The van der Waals surface area contributed by atoms with Gasteiger partial charge in [0.1, 0.15) is 6.10 Å². The molecule has 0 bridgehead atoms. The highest BCUT2D eigenvalue weighted by atomic mass is 32.2. The molecule has 0 radical (unpaired) electrons. The summed E-state index contributed by atoms with van der Waals surface area (Å²) in [5.74, 6) is -1.56. The molecule has 0 aromatic carbocycles. The second kappa shape index (κ2) is 19.3. The van der Waals surface area contributed by atoms with Crippen LogP contribution in [0.5, 0.6) is 0 Å². The predicted molar refractivity (Wildman–Crippen MR) is 130 cm³/mol. The number of aliphatic hydroxyl groups is 2. The number of aliphatic hydroxyl groups excluding tert-OH is 2. The van der Waals surface area contributed by atoms with Crippen LogP contribution in [0.2, 0.25) is 0 Å². The van der Waals surface area contributed by atoms with Crippen LogP contribution in [-0.4, -0.2) is 53.1 Å². The number of hydrogen-bond acceptors (Lipinski definition) is 5. The van der Waals surface area contributed by atoms with Crippen molar-refractivity contribution in [2.45, 2.75) is 116 Å². The summed E-state index contributed by atoms with van der Waals surface area (Å²) in [5.41, 5.74) is 0. The minimum Gasteiger partial charge on any atom is -0.387 e. The van der Waals surface area contributed by atoms with Crippen molar-refractivity contribution in [3.05, 3.63) is 24.3 Å². The molecule has 8 heteroatoms. The summed E-state index contributed by atoms with van der Waals surface area (Å²) >= 11 is 0. The Kier molecular flexibility index (Phi) is 18.5. The van der Waals surface area contributed by atoms with Gasteiger partial charge in [-0.15, -0.1) is 0 Å². The minimum atomic E-state index is -4.41. The summed E-state index contributed by atoms with van der Waals surface area (Å²) in [4.78, 5) is 12.3. The Labute approximate surface area is 195 Å². The Morgan fingerprint density at radius 1 is 0.844 bits per heavy atom. The van der Waals surface area contributed by atoms with E-state index >= 15 is 0 Å². The van der Waals surface area contributed by atoms with Crippen LogP contribution in [0, 0.1) is 0 Å². The van der Waals surface area contributed by atoms with Crippen molar-refractivity contribution in [3.63, 3.8) is 0 Å². The van der Waals surface area contributed by atoms with Gasteiger partial charge < -0.3 is 15.5 Å². The molecule has 0 heterocycles. The maximum Gasteiger partial charge on any atom is 0.267 e. The van der Waals surface area contributed by atoms with Crippen LogP contribution in [-0.2, 0) is 14.9 Å². The zero-order valence-electron chi connectivity index (χ0n) is 19.9. The zero-order chi connectivity index (χ0) is 24.2. The average molecular weight is 476 g/mol. The number of unbranched alkanes of at least 4 members (excludes halogenated alkanes) is 9. The first kappa shape index (κ1) is 30.8. The molecule has 0 aromatic rings. The number of hydrogen-bond donors (Lipinski definition) is 4. The Morgan fingerprint density at radius 3 is 2.03 bits per heavy atom. The number of carbonyl (C=O) groups excluding carboxylic acids is 1. The van der Waals surface area contributed by atoms with Crippen molar-refractivity contribution >= 4 is 16.0 Å². The topological polar surface area (TPSA) is 124 Å². The van der Waals surface area contributed by atoms with Gasteiger partial charge in [0.05, 0.1) is 17.9 Å². The molecule has 0 aromatic heterocycles. The maximum atomic E-state index is 12.3. The molecule has 3 unspecified atom stereocenters. The molecule has 0 saturated heterocycles. The van der Waals surface area contributed by atoms with Crippen molar-refractivity contribution in [2.75, 3.05) is 5.75 Å². The van der Waals surface area contributed by atoms with Gasteiger partial charge in [-0.3, -0.25) is 9.35 Å². The third-order valence-electron chi connectivity index (χ3n) is 5.23. The fourth-order valence-corrected chi connectivity index (χ4v) is 3.99. The number of carbonyl (C=O) groups is 1. The normalized spacial score (nSPS) is 15.3. The largest absolute Gasteiger partial charge is 0.387 e. The van der Waals surface area contributed by atoms with E-state index in [1.165, 1.54) is 18.9 Å². The standard InChI is InChI=1S/C24H45NO6S/c1-3-5-7-9-10-11-12-13-15-17-19-23(27)24(28)25-21(20-32(29,30)31)22(26)18-16-14-8-6-4-2/h9-10,16,18,21-23,26-27H,3-8,11-15,17,19-20H2,1-2H3,(H,25,28)(H,29,30,31)/b10-9-,18-16+. The third-order valence-corrected chi connectivity index (χ3v) is 6.01. The summed E-state index contributed by atoms with van der Waals surface area (Å²) in [7, 11) is -4.41. The molecule has 0 aliphatic rings. The van der Waals surface area contributed by atoms with E-state index < -0.39 is 40.0 Å². The van der Waals surface area contributed by atoms with Crippen molar-refractivity contribution in [2.24, 2.45) is 0 Å². The Morgan fingerprint density at radius 2 is 1.41 bits per heavy atom. The lowest BCUT2D eigenvalue weighted by atomic mass is 10.1. The summed E-state index contributed by atoms with van der Waals surface area (Å²) in [5, 5.41) is 22.7. The number of nitrogens with one attached hydrogen (secondary N) is 1. The van der Waals surface area contributed by atoms with Gasteiger partial charge in [-0.1, -0.05) is 83.1 Å². The van der Waals surface area contributed by atoms with E-state index in [0.29, 0.717) is 6.42 Å². The van der Waals surface area contributed by atoms with Gasteiger partial charge in [0, 0.05) is 0 Å². The van der Waals surface area contributed by atoms with E-state index in [1.54, 1.807) is 6.08 Å². The van der Waals surface area contributed by atoms with Gasteiger partial charge in [-0.2, -0.15) is 8.42 Å². The van der Waals surface area contributed by atoms with Crippen molar-refractivity contribution in [1.29, 1.82) is 0 Å². The fraction of sp³-hybridized carbons (Fsp3) is 0.792. The van der Waals surface area contributed by atoms with Crippen LogP contribution < -0.4 is 5.32 Å². The Hall–Kier alpha value is -1.22. The molecule has 1 amide bonds. The molecule has 0 spiro atoms. The molecule has 0 aliphatic heterocycles. The highest BCUT2D eigenvalue weighted by Gasteiger charge is 2.27. The third kappa shape index (κ3) is 18.4. The Bertz CT molecular complexity index is 632. The van der Waals surface area contributed by atoms with E-state index in [1.807, 2.05) is 0 Å². The van der Waals surface area contributed by atoms with Gasteiger partial charge in [-0.25, -0.2) is 0 Å². The highest BCUT2D eigenvalue weighted by molar-refractivity contribution is 7.85. The Balaban J connectivity index is 4.38. The fourth-order valence-electron chi connectivity index (χ4n) is 3.26. The number of rotatable bonds is 20. The summed E-state index contributed by atoms with van der Waals surface area (Å²) < 4.78 is 31.7. The quantitative estimate of drug-likeness (QED) is 0.118. The zero-order valence-corrected chi connectivity index (χ0v) is 20.7. The smallest absolute Gasteiger partial charge is 0.267 e. The average Bonchev–Trinajstić information content (AvgIpc) is 2.73. The monoisotopic (exact) mass is 475 g/mol. The minimum absolute atomic E-state index is 0.264. The first-order valence-electron chi connectivity index (χ1n) is 12.1. The first-order chi connectivity index (χ1) is 15.2. The maximum absolute atomic E-state index is 12.3. The van der Waals surface area contributed by atoms with Crippen molar-refractivity contribution in [3.8, 4) is 0 Å². The SMILES string of the molecule is CCCC/C=C\CCCCCCC(O)C(=O)NC(CS(=O)(=O)O)C(O)/C=C/CCCCC. The second-order valence-corrected chi connectivity index (χ2v) is 9.90. The molecule has 32 heavy (non-hydrogen) atoms. The van der Waals surface area contributed by atoms with Crippen LogP contribution in [0.1, 0.15) is 97.3 Å². The van der Waals surface area contributed by atoms with Crippen LogP contribution >= 0.6 is 0 Å². The highest BCUT2D eigenvalue weighted by Crippen LogP contribution is 2.10. The lowest BCUT2D eigenvalue weighted by Crippen LogP contribution is -2.50. The van der Waals surface area contributed by atoms with Crippen molar-refractivity contribution < 1.29 is 28.0 Å². The van der Waals surface area contributed by atoms with Crippen LogP contribution in [0.25, 0.3) is 0 Å². The van der Waals surface area contributed by atoms with Crippen LogP contribution in [0.15, 0.2) is 24.3 Å². The van der Waals surface area contributed by atoms with E-state index in [2.05, 4.69) is 31.3 Å². The van der Waals surface area contributed by atoms with Gasteiger partial charge in [0.2, 0.25) is 5.91 Å². The van der Waals surface area contributed by atoms with E-state index in [-0.39, 0.29) is 6.42 Å². The van der Waals surface area contributed by atoms with Crippen molar-refractivity contribution in [1.82, 2.24) is 5.32 Å². The molecule has 0 saturated carbocycles. The van der Waals surface area contributed by atoms with Crippen LogP contribution in [0.4, 0.5) is 0 Å². The molecule has 7 nitrogen and oxygen atoms in total. The van der Waals surface area contributed by atoms with Gasteiger partial charge in [0.15, 0.2) is 0 Å². The van der Waals surface area contributed by atoms with Gasteiger partial charge in [0.25, 0.3) is 10.1 Å². The van der Waals surface area contributed by atoms with E-state index in [0.717, 1.165) is 57.8 Å². The van der Waals surface area contributed by atoms with Gasteiger partial charge >= 0.3 is 0 Å². The van der Waals surface area contributed by atoms with Gasteiger partial charge in [-0.05, 0) is 38.5 Å².